The van der Waals surface area contributed by atoms with Gasteiger partial charge >= 0.3 is 0 Å². The second-order valence-corrected chi connectivity index (χ2v) is 2.83. The van der Waals surface area contributed by atoms with E-state index < -0.39 is 0 Å². The molecule has 2 aromatic rings. The largest absolute Gasteiger partial charge is 0.396 e. The molecule has 0 aliphatic heterocycles. The van der Waals surface area contributed by atoms with Crippen LogP contribution in [0.4, 0.5) is 0 Å². The van der Waals surface area contributed by atoms with Crippen LogP contribution in [0.3, 0.4) is 0 Å². The fourth-order valence-corrected chi connectivity index (χ4v) is 1.27. The molecular weight excluding hydrogens is 168 g/mol. The highest BCUT2D eigenvalue weighted by Crippen LogP contribution is 2.11. The van der Waals surface area contributed by atoms with E-state index in [1.54, 1.807) is 0 Å². The number of aromatic nitrogens is 3. The highest BCUT2D eigenvalue weighted by atomic mass is 16.2. The van der Waals surface area contributed by atoms with Crippen molar-refractivity contribution in [2.45, 2.75) is 6.42 Å². The van der Waals surface area contributed by atoms with E-state index in [2.05, 4.69) is 10.3 Å². The number of aliphatic hydroxyl groups is 1. The smallest absolute Gasteiger partial charge is 0.115 e. The summed E-state index contributed by atoms with van der Waals surface area (Å²) in [6, 6.07) is 5.63. The Labute approximate surface area is 74.7 Å². The van der Waals surface area contributed by atoms with Gasteiger partial charge in [-0.3, -0.25) is 0 Å². The summed E-state index contributed by atoms with van der Waals surface area (Å²) in [7, 11) is 0. The van der Waals surface area contributed by atoms with Crippen molar-refractivity contribution in [2.24, 2.45) is 0 Å². The Morgan fingerprint density at radius 3 is 3.08 bits per heavy atom. The number of hydrogen-bond donors (Lipinski definition) is 2. The first-order valence-electron chi connectivity index (χ1n) is 4.01. The van der Waals surface area contributed by atoms with Gasteiger partial charge in [-0.25, -0.2) is 0 Å². The van der Waals surface area contributed by atoms with Crippen molar-refractivity contribution in [3.05, 3.63) is 23.8 Å². The maximum absolute atomic E-state index is 8.73. The maximum Gasteiger partial charge on any atom is 0.115 e. The number of nitrogens with zero attached hydrogens (tertiary/aromatic N) is 3. The molecule has 0 spiro atoms. The van der Waals surface area contributed by atoms with Gasteiger partial charge in [0.25, 0.3) is 0 Å². The average molecular weight is 178 g/mol. The number of hydrogen-bond acceptors (Lipinski definition) is 4. The molecule has 0 atom stereocenters. The molecule has 0 amide bonds. The third-order valence-electron chi connectivity index (χ3n) is 1.94. The normalized spacial score (nSPS) is 10.8. The van der Waals surface area contributed by atoms with Crippen molar-refractivity contribution in [1.29, 1.82) is 0 Å². The lowest BCUT2D eigenvalue weighted by Crippen LogP contribution is -2.09. The molecule has 0 aliphatic carbocycles. The van der Waals surface area contributed by atoms with Crippen molar-refractivity contribution in [2.75, 3.05) is 12.4 Å². The van der Waals surface area contributed by atoms with Crippen LogP contribution in [0.15, 0.2) is 18.2 Å². The first kappa shape index (κ1) is 8.00. The highest BCUT2D eigenvalue weighted by molar-refractivity contribution is 5.74. The number of nitrogens with two attached hydrogens (primary N) is 1. The van der Waals surface area contributed by atoms with Crippen LogP contribution in [0.1, 0.15) is 5.56 Å². The molecule has 0 unspecified atom stereocenters. The van der Waals surface area contributed by atoms with E-state index >= 15 is 0 Å². The van der Waals surface area contributed by atoms with Crippen LogP contribution < -0.4 is 5.84 Å². The molecule has 0 saturated carbocycles. The minimum atomic E-state index is 0.141. The maximum atomic E-state index is 8.73. The summed E-state index contributed by atoms with van der Waals surface area (Å²) in [5, 5.41) is 16.3. The van der Waals surface area contributed by atoms with Gasteiger partial charge in [-0.05, 0) is 29.3 Å². The molecule has 0 saturated heterocycles. The third kappa shape index (κ3) is 1.33. The first-order valence-corrected chi connectivity index (χ1v) is 4.01. The number of fused-ring (bicyclic) bond motifs is 1. The lowest BCUT2D eigenvalue weighted by atomic mass is 10.1. The Balaban J connectivity index is 2.50. The van der Waals surface area contributed by atoms with E-state index in [0.29, 0.717) is 6.42 Å². The molecule has 1 aromatic heterocycles. The lowest BCUT2D eigenvalue weighted by molar-refractivity contribution is 0.299. The summed E-state index contributed by atoms with van der Waals surface area (Å²) in [5.41, 5.74) is 2.59. The van der Waals surface area contributed by atoms with Crippen LogP contribution in [0, 0.1) is 0 Å². The molecule has 3 N–H and O–H groups in total. The van der Waals surface area contributed by atoms with Crippen molar-refractivity contribution >= 4 is 11.0 Å². The molecule has 0 aliphatic rings. The van der Waals surface area contributed by atoms with E-state index in [-0.39, 0.29) is 6.61 Å². The number of aliphatic hydroxyl groups excluding tert-OH is 1. The third-order valence-corrected chi connectivity index (χ3v) is 1.94. The Hall–Kier alpha value is -1.62. The average Bonchev–Trinajstić information content (AvgIpc) is 2.48. The van der Waals surface area contributed by atoms with Gasteiger partial charge in [-0.2, -0.15) is 4.79 Å². The second-order valence-electron chi connectivity index (χ2n) is 2.83. The SMILES string of the molecule is Nn1nnc2cc(CCO)ccc21. The molecule has 13 heavy (non-hydrogen) atoms. The van der Waals surface area contributed by atoms with Crippen LogP contribution in [0.2, 0.25) is 0 Å². The Bertz CT molecular complexity index is 423. The second kappa shape index (κ2) is 3.02. The highest BCUT2D eigenvalue weighted by Gasteiger charge is 2.01. The summed E-state index contributed by atoms with van der Waals surface area (Å²) >= 11 is 0. The van der Waals surface area contributed by atoms with Gasteiger partial charge in [0.05, 0.1) is 0 Å². The van der Waals surface area contributed by atoms with Crippen LogP contribution in [0.25, 0.3) is 11.0 Å². The summed E-state index contributed by atoms with van der Waals surface area (Å²) in [4.78, 5) is 1.23. The number of benzene rings is 1. The van der Waals surface area contributed by atoms with E-state index in [1.165, 1.54) is 4.79 Å². The molecule has 0 fully saturated rings. The molecule has 1 heterocycles. The zero-order valence-electron chi connectivity index (χ0n) is 7.01. The fraction of sp³-hybridized carbons (Fsp3) is 0.250. The summed E-state index contributed by atoms with van der Waals surface area (Å²) < 4.78 is 0. The van der Waals surface area contributed by atoms with Crippen LogP contribution in [0.5, 0.6) is 0 Å². The van der Waals surface area contributed by atoms with Gasteiger partial charge in [0.15, 0.2) is 0 Å². The summed E-state index contributed by atoms with van der Waals surface area (Å²) in [6.07, 6.45) is 0.632. The standard InChI is InChI=1S/C8H10N4O/c9-12-8-2-1-6(3-4-13)5-7(8)10-11-12/h1-2,5,13H,3-4,9H2. The quantitative estimate of drug-likeness (QED) is 0.618. The van der Waals surface area contributed by atoms with Gasteiger partial charge < -0.3 is 10.9 Å². The molecule has 5 heteroatoms. The van der Waals surface area contributed by atoms with Gasteiger partial charge in [0.2, 0.25) is 0 Å². The van der Waals surface area contributed by atoms with Crippen LogP contribution in [-0.2, 0) is 6.42 Å². The van der Waals surface area contributed by atoms with Gasteiger partial charge in [0, 0.05) is 6.61 Å². The molecule has 2 rings (SSSR count). The summed E-state index contributed by atoms with van der Waals surface area (Å²) in [5.74, 6) is 5.49. The first-order chi connectivity index (χ1) is 6.31. The van der Waals surface area contributed by atoms with Crippen molar-refractivity contribution < 1.29 is 5.11 Å². The molecule has 0 radical (unpaired) electrons. The Morgan fingerprint density at radius 1 is 1.46 bits per heavy atom. The number of nitrogen functional groups attached to an aromatic ring is 1. The Kier molecular flexibility index (Phi) is 1.86. The van der Waals surface area contributed by atoms with E-state index in [4.69, 9.17) is 10.9 Å². The predicted octanol–water partition coefficient (Wildman–Crippen LogP) is -0.320. The van der Waals surface area contributed by atoms with Gasteiger partial charge in [-0.15, -0.1) is 5.10 Å². The summed E-state index contributed by atoms with van der Waals surface area (Å²) in [6.45, 7) is 0.141. The van der Waals surface area contributed by atoms with E-state index in [9.17, 15) is 0 Å². The molecular formula is C8H10N4O. The minimum absolute atomic E-state index is 0.141. The van der Waals surface area contributed by atoms with E-state index in [1.807, 2.05) is 18.2 Å². The monoisotopic (exact) mass is 178 g/mol. The molecule has 0 bridgehead atoms. The predicted molar refractivity (Wildman–Crippen MR) is 48.5 cm³/mol. The zero-order valence-corrected chi connectivity index (χ0v) is 7.01. The lowest BCUT2D eigenvalue weighted by Gasteiger charge is -1.97. The Morgan fingerprint density at radius 2 is 2.31 bits per heavy atom. The fourth-order valence-electron chi connectivity index (χ4n) is 1.27. The minimum Gasteiger partial charge on any atom is -0.396 e. The molecule has 5 nitrogen and oxygen atoms in total. The van der Waals surface area contributed by atoms with Gasteiger partial charge in [-0.1, -0.05) is 6.07 Å². The van der Waals surface area contributed by atoms with Crippen molar-refractivity contribution in [1.82, 2.24) is 15.1 Å². The van der Waals surface area contributed by atoms with E-state index in [0.717, 1.165) is 16.6 Å². The molecule has 1 aromatic carbocycles. The van der Waals surface area contributed by atoms with Crippen LogP contribution in [-0.4, -0.2) is 26.8 Å². The van der Waals surface area contributed by atoms with Gasteiger partial charge in [0.1, 0.15) is 11.0 Å². The van der Waals surface area contributed by atoms with Crippen molar-refractivity contribution in [3.8, 4) is 0 Å². The van der Waals surface area contributed by atoms with Crippen LogP contribution >= 0.6 is 0 Å². The topological polar surface area (TPSA) is 77.0 Å². The van der Waals surface area contributed by atoms with Crippen molar-refractivity contribution in [3.63, 3.8) is 0 Å². The number of rotatable bonds is 2. The molecule has 68 valence electrons. The zero-order chi connectivity index (χ0) is 9.26.